The van der Waals surface area contributed by atoms with Crippen LogP contribution in [-0.4, -0.2) is 44.8 Å². The maximum absolute atomic E-state index is 12.8. The van der Waals surface area contributed by atoms with Crippen LogP contribution >= 0.6 is 0 Å². The van der Waals surface area contributed by atoms with Gasteiger partial charge in [-0.2, -0.15) is 0 Å². The third-order valence-electron chi connectivity index (χ3n) is 5.48. The monoisotopic (exact) mass is 438 g/mol. The van der Waals surface area contributed by atoms with E-state index in [1.54, 1.807) is 25.2 Å². The number of hydrogen-bond donors (Lipinski definition) is 2. The number of nitrogens with two attached hydrogens (primary N) is 1. The summed E-state index contributed by atoms with van der Waals surface area (Å²) in [5.74, 6) is 0.453. The van der Waals surface area contributed by atoms with Gasteiger partial charge in [0.25, 0.3) is 0 Å². The molecule has 3 rings (SSSR count). The van der Waals surface area contributed by atoms with E-state index >= 15 is 0 Å². The molecule has 0 fully saturated rings. The molecule has 2 aromatic rings. The number of anilines is 2. The third-order valence-corrected chi connectivity index (χ3v) is 5.48. The molecule has 32 heavy (non-hydrogen) atoms. The molecule has 0 bridgehead atoms. The van der Waals surface area contributed by atoms with E-state index in [9.17, 15) is 9.59 Å². The Kier molecular flexibility index (Phi) is 7.48. The minimum absolute atomic E-state index is 0.0347. The molecule has 1 aliphatic rings. The van der Waals surface area contributed by atoms with Gasteiger partial charge in [-0.3, -0.25) is 14.6 Å². The van der Waals surface area contributed by atoms with E-state index in [1.807, 2.05) is 37.3 Å². The third kappa shape index (κ3) is 4.75. The number of nitrogens with one attached hydrogen (secondary N) is 1. The largest absolute Gasteiger partial charge is 0.493 e. The smallest absolute Gasteiger partial charge is 0.237 e. The molecule has 0 spiro atoms. The fourth-order valence-corrected chi connectivity index (χ4v) is 3.86. The normalized spacial score (nSPS) is 15.2. The van der Waals surface area contributed by atoms with Gasteiger partial charge in [0.1, 0.15) is 5.92 Å². The van der Waals surface area contributed by atoms with Crippen molar-refractivity contribution in [1.29, 1.82) is 0 Å². The molecule has 3 N–H and O–H groups in total. The van der Waals surface area contributed by atoms with Crippen LogP contribution in [0.2, 0.25) is 0 Å². The van der Waals surface area contributed by atoms with Crippen LogP contribution in [0.4, 0.5) is 17.1 Å². The highest BCUT2D eigenvalue weighted by atomic mass is 16.5. The standard InChI is InChI=1S/C24H30N4O4/c1-5-19(23-18-13-21(31-3)22(32-4)14-20(18)27-24(23)30)26-16-7-9-17(10-8-16)28(15(2)29)12-6-11-25/h7-10,13-14,23H,5-6,11-12,25H2,1-4H3,(H,27,30). The molecule has 2 aromatic carbocycles. The molecular weight excluding hydrogens is 408 g/mol. The van der Waals surface area contributed by atoms with Crippen LogP contribution in [0.25, 0.3) is 0 Å². The lowest BCUT2D eigenvalue weighted by atomic mass is 9.93. The summed E-state index contributed by atoms with van der Waals surface area (Å²) in [4.78, 5) is 31.3. The van der Waals surface area contributed by atoms with Gasteiger partial charge in [-0.15, -0.1) is 0 Å². The quantitative estimate of drug-likeness (QED) is 0.582. The molecule has 1 unspecified atom stereocenters. The second-order valence-electron chi connectivity index (χ2n) is 7.50. The van der Waals surface area contributed by atoms with Gasteiger partial charge in [0.15, 0.2) is 11.5 Å². The average Bonchev–Trinajstić information content (AvgIpc) is 3.11. The zero-order chi connectivity index (χ0) is 23.3. The van der Waals surface area contributed by atoms with Crippen LogP contribution in [0, 0.1) is 0 Å². The summed E-state index contributed by atoms with van der Waals surface area (Å²) in [5, 5.41) is 2.92. The topological polar surface area (TPSA) is 106 Å². The molecule has 0 aromatic heterocycles. The van der Waals surface area contributed by atoms with E-state index in [0.29, 0.717) is 36.7 Å². The first-order chi connectivity index (χ1) is 15.4. The number of carbonyl (C=O) groups excluding carboxylic acids is 2. The zero-order valence-corrected chi connectivity index (χ0v) is 19.0. The molecule has 0 radical (unpaired) electrons. The first-order valence-corrected chi connectivity index (χ1v) is 10.7. The van der Waals surface area contributed by atoms with Gasteiger partial charge >= 0.3 is 0 Å². The Labute approximate surface area is 188 Å². The van der Waals surface area contributed by atoms with Crippen molar-refractivity contribution in [1.82, 2.24) is 0 Å². The molecule has 1 aliphatic heterocycles. The van der Waals surface area contributed by atoms with Crippen molar-refractivity contribution < 1.29 is 19.1 Å². The molecule has 1 atom stereocenters. The van der Waals surface area contributed by atoms with Gasteiger partial charge < -0.3 is 25.4 Å². The predicted octanol–water partition coefficient (Wildman–Crippen LogP) is 3.62. The highest BCUT2D eigenvalue weighted by Gasteiger charge is 2.35. The first kappa shape index (κ1) is 23.3. The predicted molar refractivity (Wildman–Crippen MR) is 126 cm³/mol. The van der Waals surface area contributed by atoms with Gasteiger partial charge in [-0.1, -0.05) is 6.92 Å². The van der Waals surface area contributed by atoms with E-state index in [-0.39, 0.29) is 11.8 Å². The van der Waals surface area contributed by atoms with Crippen LogP contribution in [0.1, 0.15) is 38.2 Å². The van der Waals surface area contributed by atoms with Crippen molar-refractivity contribution in [3.8, 4) is 11.5 Å². The van der Waals surface area contributed by atoms with Gasteiger partial charge in [-0.05, 0) is 55.3 Å². The van der Waals surface area contributed by atoms with Gasteiger partial charge in [0.05, 0.1) is 19.9 Å². The van der Waals surface area contributed by atoms with Crippen molar-refractivity contribution in [3.63, 3.8) is 0 Å². The highest BCUT2D eigenvalue weighted by molar-refractivity contribution is 6.19. The molecular formula is C24H30N4O4. The molecule has 8 nitrogen and oxygen atoms in total. The number of methoxy groups -OCH3 is 2. The molecule has 0 saturated heterocycles. The van der Waals surface area contributed by atoms with Crippen LogP contribution in [0.3, 0.4) is 0 Å². The lowest BCUT2D eigenvalue weighted by Crippen LogP contribution is -2.30. The molecule has 8 heteroatoms. The summed E-state index contributed by atoms with van der Waals surface area (Å²) in [6.07, 6.45) is 1.33. The Bertz CT molecular complexity index is 1020. The number of benzene rings is 2. The fourth-order valence-electron chi connectivity index (χ4n) is 3.86. The van der Waals surface area contributed by atoms with E-state index in [0.717, 1.165) is 29.1 Å². The van der Waals surface area contributed by atoms with Crippen LogP contribution in [0.15, 0.2) is 41.4 Å². The Morgan fingerprint density at radius 2 is 1.81 bits per heavy atom. The Morgan fingerprint density at radius 1 is 1.16 bits per heavy atom. The number of aliphatic imine (C=N–C) groups is 1. The van der Waals surface area contributed by atoms with Crippen LogP contribution in [-0.2, 0) is 9.59 Å². The van der Waals surface area contributed by atoms with E-state index in [1.165, 1.54) is 6.92 Å². The number of fused-ring (bicyclic) bond motifs is 1. The lowest BCUT2D eigenvalue weighted by molar-refractivity contribution is -0.117. The number of carbonyl (C=O) groups is 2. The number of hydrogen-bond acceptors (Lipinski definition) is 6. The number of ether oxygens (including phenoxy) is 2. The molecule has 1 heterocycles. The summed E-state index contributed by atoms with van der Waals surface area (Å²) in [6, 6.07) is 11.0. The summed E-state index contributed by atoms with van der Waals surface area (Å²) in [5.41, 5.74) is 9.36. The fraction of sp³-hybridized carbons (Fsp3) is 0.375. The highest BCUT2D eigenvalue weighted by Crippen LogP contribution is 2.42. The van der Waals surface area contributed by atoms with Crippen molar-refractivity contribution in [2.75, 3.05) is 37.5 Å². The summed E-state index contributed by atoms with van der Waals surface area (Å²) in [6.45, 7) is 4.60. The van der Waals surface area contributed by atoms with Gasteiger partial charge in [0.2, 0.25) is 11.8 Å². The van der Waals surface area contributed by atoms with Crippen LogP contribution in [0.5, 0.6) is 11.5 Å². The van der Waals surface area contributed by atoms with Gasteiger partial charge in [0, 0.05) is 36.6 Å². The van der Waals surface area contributed by atoms with Crippen molar-refractivity contribution in [2.24, 2.45) is 10.7 Å². The Hall–Kier alpha value is -3.39. The maximum atomic E-state index is 12.8. The number of amides is 2. The van der Waals surface area contributed by atoms with E-state index in [4.69, 9.17) is 20.2 Å². The average molecular weight is 439 g/mol. The van der Waals surface area contributed by atoms with Crippen molar-refractivity contribution in [3.05, 3.63) is 42.0 Å². The van der Waals surface area contributed by atoms with Crippen LogP contribution < -0.4 is 25.4 Å². The summed E-state index contributed by atoms with van der Waals surface area (Å²) in [7, 11) is 3.13. The summed E-state index contributed by atoms with van der Waals surface area (Å²) >= 11 is 0. The Balaban J connectivity index is 1.92. The maximum Gasteiger partial charge on any atom is 0.237 e. The van der Waals surface area contributed by atoms with Crippen molar-refractivity contribution >= 4 is 34.6 Å². The SMILES string of the molecule is CCC(=Nc1ccc(N(CCCN)C(C)=O)cc1)C1C(=O)Nc2cc(OC)c(OC)cc21. The summed E-state index contributed by atoms with van der Waals surface area (Å²) < 4.78 is 10.8. The van der Waals surface area contributed by atoms with E-state index in [2.05, 4.69) is 5.32 Å². The van der Waals surface area contributed by atoms with E-state index < -0.39 is 5.92 Å². The number of nitrogens with zero attached hydrogens (tertiary/aromatic N) is 2. The minimum Gasteiger partial charge on any atom is -0.493 e. The first-order valence-electron chi connectivity index (χ1n) is 10.7. The molecule has 2 amide bonds. The lowest BCUT2D eigenvalue weighted by Gasteiger charge is -2.21. The molecule has 0 saturated carbocycles. The zero-order valence-electron chi connectivity index (χ0n) is 19.0. The minimum atomic E-state index is -0.507. The molecule has 0 aliphatic carbocycles. The number of rotatable bonds is 9. The van der Waals surface area contributed by atoms with Crippen molar-refractivity contribution in [2.45, 2.75) is 32.6 Å². The molecule has 170 valence electrons. The second-order valence-corrected chi connectivity index (χ2v) is 7.50. The second kappa shape index (κ2) is 10.3. The van der Waals surface area contributed by atoms with Gasteiger partial charge in [-0.25, -0.2) is 0 Å². The Morgan fingerprint density at radius 3 is 2.38 bits per heavy atom.